The van der Waals surface area contributed by atoms with Crippen LogP contribution < -0.4 is 0 Å². The lowest BCUT2D eigenvalue weighted by atomic mass is 9.86. The molecular formula is C17H28N2O2S. The first-order chi connectivity index (χ1) is 10.4. The molecule has 2 atom stereocenters. The molecule has 1 saturated carbocycles. The van der Waals surface area contributed by atoms with Gasteiger partial charge in [0.1, 0.15) is 4.88 Å². The molecule has 1 fully saturated rings. The first-order valence-corrected chi connectivity index (χ1v) is 9.10. The summed E-state index contributed by atoms with van der Waals surface area (Å²) in [6.45, 7) is 6.88. The predicted molar refractivity (Wildman–Crippen MR) is 90.3 cm³/mol. The van der Waals surface area contributed by atoms with E-state index in [9.17, 15) is 9.90 Å². The molecular weight excluding hydrogens is 296 g/mol. The molecule has 2 rings (SSSR count). The molecule has 0 aromatic carbocycles. The summed E-state index contributed by atoms with van der Waals surface area (Å²) >= 11 is 1.49. The molecule has 1 amide bonds. The first-order valence-electron chi connectivity index (χ1n) is 8.28. The Labute approximate surface area is 137 Å². The van der Waals surface area contributed by atoms with Gasteiger partial charge in [-0.2, -0.15) is 0 Å². The summed E-state index contributed by atoms with van der Waals surface area (Å²) in [5.74, 6) is 0.753. The molecule has 1 N–H and O–H groups in total. The van der Waals surface area contributed by atoms with Gasteiger partial charge in [0.15, 0.2) is 0 Å². The zero-order valence-corrected chi connectivity index (χ0v) is 14.9. The third-order valence-electron chi connectivity index (χ3n) is 4.32. The molecule has 1 aromatic rings. The average molecular weight is 324 g/mol. The Morgan fingerprint density at radius 3 is 2.73 bits per heavy atom. The van der Waals surface area contributed by atoms with Crippen molar-refractivity contribution in [3.05, 3.63) is 15.6 Å². The van der Waals surface area contributed by atoms with Gasteiger partial charge in [-0.1, -0.05) is 26.7 Å². The average Bonchev–Trinajstić information content (AvgIpc) is 2.80. The van der Waals surface area contributed by atoms with Crippen molar-refractivity contribution in [3.63, 3.8) is 0 Å². The molecule has 0 radical (unpaired) electrons. The molecule has 124 valence electrons. The number of carbonyl (C=O) groups excluding carboxylic acids is 1. The number of carbonyl (C=O) groups is 1. The number of nitrogens with zero attached hydrogens (tertiary/aromatic N) is 2. The molecule has 2 unspecified atom stereocenters. The molecule has 1 aliphatic carbocycles. The molecule has 22 heavy (non-hydrogen) atoms. The van der Waals surface area contributed by atoms with Crippen LogP contribution in [0.5, 0.6) is 0 Å². The second kappa shape index (κ2) is 7.55. The van der Waals surface area contributed by atoms with Gasteiger partial charge in [0, 0.05) is 19.5 Å². The fourth-order valence-electron chi connectivity index (χ4n) is 3.17. The van der Waals surface area contributed by atoms with Crippen molar-refractivity contribution in [2.75, 3.05) is 13.6 Å². The smallest absolute Gasteiger partial charge is 0.265 e. The van der Waals surface area contributed by atoms with Crippen LogP contribution in [-0.4, -0.2) is 40.6 Å². The summed E-state index contributed by atoms with van der Waals surface area (Å²) in [6.07, 6.45) is 4.71. The van der Waals surface area contributed by atoms with Crippen LogP contribution in [0.2, 0.25) is 0 Å². The number of aromatic nitrogens is 1. The van der Waals surface area contributed by atoms with Gasteiger partial charge in [0.2, 0.25) is 0 Å². The lowest BCUT2D eigenvalue weighted by Crippen LogP contribution is -2.38. The summed E-state index contributed by atoms with van der Waals surface area (Å²) in [5, 5.41) is 11.0. The van der Waals surface area contributed by atoms with E-state index in [0.29, 0.717) is 12.5 Å². The molecule has 0 bridgehead atoms. The minimum atomic E-state index is -0.262. The van der Waals surface area contributed by atoms with Crippen molar-refractivity contribution >= 4 is 17.2 Å². The van der Waals surface area contributed by atoms with Crippen LogP contribution in [0.15, 0.2) is 0 Å². The third-order valence-corrected chi connectivity index (χ3v) is 5.33. The van der Waals surface area contributed by atoms with Crippen molar-refractivity contribution < 1.29 is 9.90 Å². The molecule has 0 saturated heterocycles. The number of hydrogen-bond donors (Lipinski definition) is 1. The number of aryl methyl sites for hydroxylation is 1. The maximum absolute atomic E-state index is 12.8. The Balaban J connectivity index is 2.06. The van der Waals surface area contributed by atoms with Crippen molar-refractivity contribution in [2.24, 2.45) is 11.8 Å². The third kappa shape index (κ3) is 4.29. The van der Waals surface area contributed by atoms with Crippen molar-refractivity contribution in [2.45, 2.75) is 59.0 Å². The number of amides is 1. The van der Waals surface area contributed by atoms with E-state index in [4.69, 9.17) is 0 Å². The Morgan fingerprint density at radius 1 is 1.41 bits per heavy atom. The van der Waals surface area contributed by atoms with E-state index in [2.05, 4.69) is 18.8 Å². The molecule has 1 aliphatic rings. The highest BCUT2D eigenvalue weighted by Gasteiger charge is 2.27. The minimum absolute atomic E-state index is 0.0547. The molecule has 0 spiro atoms. The highest BCUT2D eigenvalue weighted by molar-refractivity contribution is 7.13. The van der Waals surface area contributed by atoms with E-state index in [1.807, 2.05) is 14.0 Å². The zero-order valence-electron chi connectivity index (χ0n) is 14.1. The number of thiazole rings is 1. The van der Waals surface area contributed by atoms with Crippen LogP contribution in [0.4, 0.5) is 0 Å². The van der Waals surface area contributed by atoms with Crippen LogP contribution in [0, 0.1) is 18.8 Å². The molecule has 4 nitrogen and oxygen atoms in total. The van der Waals surface area contributed by atoms with Crippen molar-refractivity contribution in [3.8, 4) is 0 Å². The van der Waals surface area contributed by atoms with E-state index in [1.54, 1.807) is 4.90 Å². The number of rotatable bonds is 5. The van der Waals surface area contributed by atoms with Gasteiger partial charge >= 0.3 is 0 Å². The van der Waals surface area contributed by atoms with Crippen LogP contribution >= 0.6 is 11.3 Å². The number of aliphatic hydroxyl groups is 1. The standard InChI is InChI=1S/C17H28N2O2S/c1-11(2)9-14-16(22-12(3)18-14)17(21)19(4)10-13-7-5-6-8-15(13)20/h11,13,15,20H,5-10H2,1-4H3. The second-order valence-corrected chi connectivity index (χ2v) is 8.11. The lowest BCUT2D eigenvalue weighted by molar-refractivity contribution is 0.0452. The SMILES string of the molecule is Cc1nc(CC(C)C)c(C(=O)N(C)CC2CCCCC2O)s1. The number of aliphatic hydroxyl groups excluding tert-OH is 1. The molecule has 0 aliphatic heterocycles. The van der Waals surface area contributed by atoms with Crippen molar-refractivity contribution in [1.29, 1.82) is 0 Å². The van der Waals surface area contributed by atoms with E-state index in [0.717, 1.165) is 47.7 Å². The zero-order chi connectivity index (χ0) is 16.3. The summed E-state index contributed by atoms with van der Waals surface area (Å²) in [7, 11) is 1.85. The summed E-state index contributed by atoms with van der Waals surface area (Å²) < 4.78 is 0. The van der Waals surface area contributed by atoms with Crippen molar-refractivity contribution in [1.82, 2.24) is 9.88 Å². The fraction of sp³-hybridized carbons (Fsp3) is 0.765. The van der Waals surface area contributed by atoms with Crippen LogP contribution in [0.1, 0.15) is 59.9 Å². The van der Waals surface area contributed by atoms with E-state index >= 15 is 0 Å². The Hall–Kier alpha value is -0.940. The van der Waals surface area contributed by atoms with Gasteiger partial charge in [-0.25, -0.2) is 4.98 Å². The predicted octanol–water partition coefficient (Wildman–Crippen LogP) is 3.27. The van der Waals surface area contributed by atoms with Gasteiger partial charge in [-0.3, -0.25) is 4.79 Å². The Morgan fingerprint density at radius 2 is 2.09 bits per heavy atom. The van der Waals surface area contributed by atoms with Crippen LogP contribution in [-0.2, 0) is 6.42 Å². The monoisotopic (exact) mass is 324 g/mol. The Bertz CT molecular complexity index is 513. The largest absolute Gasteiger partial charge is 0.393 e. The highest BCUT2D eigenvalue weighted by atomic mass is 32.1. The van der Waals surface area contributed by atoms with Gasteiger partial charge in [-0.05, 0) is 32.1 Å². The normalized spacial score (nSPS) is 22.1. The van der Waals surface area contributed by atoms with Gasteiger partial charge in [0.05, 0.1) is 16.8 Å². The van der Waals surface area contributed by atoms with Crippen LogP contribution in [0.25, 0.3) is 0 Å². The number of hydrogen-bond acceptors (Lipinski definition) is 4. The molecule has 5 heteroatoms. The lowest BCUT2D eigenvalue weighted by Gasteiger charge is -2.31. The maximum Gasteiger partial charge on any atom is 0.265 e. The molecule has 1 aromatic heterocycles. The molecule has 1 heterocycles. The van der Waals surface area contributed by atoms with E-state index in [-0.39, 0.29) is 17.9 Å². The quantitative estimate of drug-likeness (QED) is 0.904. The van der Waals surface area contributed by atoms with Crippen LogP contribution in [0.3, 0.4) is 0 Å². The van der Waals surface area contributed by atoms with Gasteiger partial charge < -0.3 is 10.0 Å². The highest BCUT2D eigenvalue weighted by Crippen LogP contribution is 2.27. The fourth-order valence-corrected chi connectivity index (χ4v) is 4.11. The topological polar surface area (TPSA) is 53.4 Å². The second-order valence-electron chi connectivity index (χ2n) is 6.90. The maximum atomic E-state index is 12.8. The first kappa shape index (κ1) is 17.4. The summed E-state index contributed by atoms with van der Waals surface area (Å²) in [4.78, 5) is 19.8. The minimum Gasteiger partial charge on any atom is -0.393 e. The van der Waals surface area contributed by atoms with Gasteiger partial charge in [-0.15, -0.1) is 11.3 Å². The summed E-state index contributed by atoms with van der Waals surface area (Å²) in [6, 6.07) is 0. The summed E-state index contributed by atoms with van der Waals surface area (Å²) in [5.41, 5.74) is 0.929. The van der Waals surface area contributed by atoms with E-state index in [1.165, 1.54) is 11.3 Å². The Kier molecular flexibility index (Phi) is 5.98. The van der Waals surface area contributed by atoms with E-state index < -0.39 is 0 Å². The van der Waals surface area contributed by atoms with Gasteiger partial charge in [0.25, 0.3) is 5.91 Å².